The van der Waals surface area contributed by atoms with Crippen LogP contribution in [0.1, 0.15) is 6.42 Å². The number of amides is 1. The van der Waals surface area contributed by atoms with Crippen LogP contribution in [0.3, 0.4) is 0 Å². The molecule has 0 spiro atoms. The van der Waals surface area contributed by atoms with E-state index in [2.05, 4.69) is 25.8 Å². The van der Waals surface area contributed by atoms with E-state index >= 15 is 0 Å². The molecule has 1 amide bonds. The number of halogens is 4. The van der Waals surface area contributed by atoms with Crippen LogP contribution in [-0.4, -0.2) is 44.6 Å². The molecule has 0 radical (unpaired) electrons. The van der Waals surface area contributed by atoms with Crippen LogP contribution < -0.4 is 20.9 Å². The number of anilines is 2. The maximum Gasteiger partial charge on any atom is 0.243 e. The minimum absolute atomic E-state index is 0.0990. The molecule has 0 aliphatic carbocycles. The van der Waals surface area contributed by atoms with Crippen LogP contribution in [0, 0.1) is 17.5 Å². The second-order valence-corrected chi connectivity index (χ2v) is 7.19. The van der Waals surface area contributed by atoms with Crippen LogP contribution in [0.15, 0.2) is 41.4 Å². The van der Waals surface area contributed by atoms with Gasteiger partial charge >= 0.3 is 0 Å². The Morgan fingerprint density at radius 2 is 2.03 bits per heavy atom. The van der Waals surface area contributed by atoms with Crippen molar-refractivity contribution in [3.8, 4) is 0 Å². The van der Waals surface area contributed by atoms with E-state index < -0.39 is 29.0 Å². The van der Waals surface area contributed by atoms with Gasteiger partial charge in [0.05, 0.1) is 12.2 Å². The topological polar surface area (TPSA) is 68.8 Å². The van der Waals surface area contributed by atoms with Crippen molar-refractivity contribution in [1.29, 1.82) is 0 Å². The minimum atomic E-state index is -1.64. The van der Waals surface area contributed by atoms with E-state index in [1.807, 2.05) is 24.3 Å². The molecule has 2 aromatic carbocycles. The Morgan fingerprint density at radius 1 is 1.23 bits per heavy atom. The molecule has 1 aliphatic heterocycles. The Labute approximate surface area is 177 Å². The van der Waals surface area contributed by atoms with Gasteiger partial charge in [-0.2, -0.15) is 0 Å². The fourth-order valence-corrected chi connectivity index (χ4v) is 3.34. The molecule has 30 heavy (non-hydrogen) atoms. The third-order valence-corrected chi connectivity index (χ3v) is 4.89. The van der Waals surface area contributed by atoms with Crippen molar-refractivity contribution >= 4 is 34.8 Å². The first kappa shape index (κ1) is 21.8. The SMILES string of the molecule is CN=C(NCC(=O)Nc1ccc(F)c(F)c1F)NC1CCN(c2cccc(Cl)c2)C1. The summed E-state index contributed by atoms with van der Waals surface area (Å²) in [5.41, 5.74) is 0.597. The molecule has 1 aliphatic rings. The third-order valence-electron chi connectivity index (χ3n) is 4.65. The number of hydrogen-bond donors (Lipinski definition) is 3. The van der Waals surface area contributed by atoms with Gasteiger partial charge in [-0.1, -0.05) is 17.7 Å². The molecule has 0 bridgehead atoms. The molecule has 0 saturated carbocycles. The number of nitrogens with zero attached hydrogens (tertiary/aromatic N) is 2. The smallest absolute Gasteiger partial charge is 0.243 e. The number of guanidine groups is 1. The van der Waals surface area contributed by atoms with Gasteiger partial charge in [-0.25, -0.2) is 13.2 Å². The van der Waals surface area contributed by atoms with Gasteiger partial charge in [0.15, 0.2) is 23.4 Å². The number of nitrogens with one attached hydrogen (secondary N) is 3. The number of carbonyl (C=O) groups is 1. The van der Waals surface area contributed by atoms with E-state index in [4.69, 9.17) is 11.6 Å². The van der Waals surface area contributed by atoms with E-state index in [9.17, 15) is 18.0 Å². The van der Waals surface area contributed by atoms with E-state index in [0.717, 1.165) is 37.3 Å². The lowest BCUT2D eigenvalue weighted by molar-refractivity contribution is -0.115. The number of benzene rings is 2. The largest absolute Gasteiger partial charge is 0.369 e. The highest BCUT2D eigenvalue weighted by atomic mass is 35.5. The normalized spacial score (nSPS) is 16.5. The van der Waals surface area contributed by atoms with Crippen molar-refractivity contribution in [2.45, 2.75) is 12.5 Å². The van der Waals surface area contributed by atoms with Crippen molar-refractivity contribution in [1.82, 2.24) is 10.6 Å². The Bertz CT molecular complexity index is 956. The maximum atomic E-state index is 13.7. The molecule has 2 aromatic rings. The van der Waals surface area contributed by atoms with E-state index in [1.54, 1.807) is 7.05 Å². The van der Waals surface area contributed by atoms with Crippen molar-refractivity contribution in [3.05, 3.63) is 58.9 Å². The Hall–Kier alpha value is -2.94. The molecule has 1 unspecified atom stereocenters. The number of hydrogen-bond acceptors (Lipinski definition) is 3. The highest BCUT2D eigenvalue weighted by molar-refractivity contribution is 6.30. The molecule has 1 saturated heterocycles. The molecule has 0 aromatic heterocycles. The molecule has 1 heterocycles. The van der Waals surface area contributed by atoms with Crippen LogP contribution in [-0.2, 0) is 4.79 Å². The van der Waals surface area contributed by atoms with Gasteiger partial charge in [0.25, 0.3) is 0 Å². The highest BCUT2D eigenvalue weighted by Crippen LogP contribution is 2.23. The maximum absolute atomic E-state index is 13.7. The Balaban J connectivity index is 1.49. The first-order chi connectivity index (χ1) is 14.4. The van der Waals surface area contributed by atoms with Gasteiger partial charge in [-0.15, -0.1) is 0 Å². The summed E-state index contributed by atoms with van der Waals surface area (Å²) in [4.78, 5) is 18.3. The van der Waals surface area contributed by atoms with Gasteiger partial charge in [-0.05, 0) is 36.8 Å². The van der Waals surface area contributed by atoms with Crippen LogP contribution in [0.2, 0.25) is 5.02 Å². The first-order valence-corrected chi connectivity index (χ1v) is 9.66. The lowest BCUT2D eigenvalue weighted by atomic mass is 10.2. The summed E-state index contributed by atoms with van der Waals surface area (Å²) in [6.45, 7) is 1.33. The van der Waals surface area contributed by atoms with E-state index in [1.165, 1.54) is 0 Å². The average Bonchev–Trinajstić information content (AvgIpc) is 3.20. The lowest BCUT2D eigenvalue weighted by Gasteiger charge is -2.20. The van der Waals surface area contributed by atoms with Gasteiger partial charge in [0.1, 0.15) is 0 Å². The molecule has 1 atom stereocenters. The molecule has 3 N–H and O–H groups in total. The fourth-order valence-electron chi connectivity index (χ4n) is 3.15. The van der Waals surface area contributed by atoms with Crippen LogP contribution in [0.5, 0.6) is 0 Å². The summed E-state index contributed by atoms with van der Waals surface area (Å²) in [6, 6.07) is 9.41. The molecule has 1 fully saturated rings. The lowest BCUT2D eigenvalue weighted by Crippen LogP contribution is -2.46. The van der Waals surface area contributed by atoms with Crippen LogP contribution in [0.25, 0.3) is 0 Å². The molecule has 3 rings (SSSR count). The zero-order valence-electron chi connectivity index (χ0n) is 16.2. The number of carbonyl (C=O) groups excluding carboxylic acids is 1. The summed E-state index contributed by atoms with van der Waals surface area (Å²) < 4.78 is 39.9. The van der Waals surface area contributed by atoms with Gasteiger partial charge in [-0.3, -0.25) is 9.79 Å². The third kappa shape index (κ3) is 5.35. The van der Waals surface area contributed by atoms with Crippen molar-refractivity contribution in [2.24, 2.45) is 4.99 Å². The molecule has 160 valence electrons. The van der Waals surface area contributed by atoms with E-state index in [-0.39, 0.29) is 12.6 Å². The molecular formula is C20H21ClF3N5O. The summed E-state index contributed by atoms with van der Waals surface area (Å²) in [5, 5.41) is 8.92. The predicted octanol–water partition coefficient (Wildman–Crippen LogP) is 3.14. The summed E-state index contributed by atoms with van der Waals surface area (Å²) >= 11 is 6.05. The summed E-state index contributed by atoms with van der Waals surface area (Å²) in [7, 11) is 1.56. The van der Waals surface area contributed by atoms with Gasteiger partial charge in [0.2, 0.25) is 5.91 Å². The first-order valence-electron chi connectivity index (χ1n) is 9.28. The predicted molar refractivity (Wildman–Crippen MR) is 112 cm³/mol. The van der Waals surface area contributed by atoms with Crippen LogP contribution >= 0.6 is 11.6 Å². The number of rotatable bonds is 5. The standard InChI is InChI=1S/C20H21ClF3N5O/c1-25-20(26-10-17(30)28-16-6-5-15(22)18(23)19(16)24)27-13-7-8-29(11-13)14-4-2-3-12(21)9-14/h2-6,9,13H,7-8,10-11H2,1H3,(H,28,30)(H2,25,26,27). The van der Waals surface area contributed by atoms with Crippen LogP contribution in [0.4, 0.5) is 24.5 Å². The zero-order chi connectivity index (χ0) is 21.7. The fraction of sp³-hybridized carbons (Fsp3) is 0.300. The summed E-state index contributed by atoms with van der Waals surface area (Å²) in [6.07, 6.45) is 0.861. The van der Waals surface area contributed by atoms with Crippen molar-refractivity contribution in [3.63, 3.8) is 0 Å². The van der Waals surface area contributed by atoms with Gasteiger partial charge < -0.3 is 20.9 Å². The molecule has 10 heteroatoms. The second-order valence-electron chi connectivity index (χ2n) is 6.75. The van der Waals surface area contributed by atoms with E-state index in [0.29, 0.717) is 11.0 Å². The zero-order valence-corrected chi connectivity index (χ0v) is 16.9. The number of aliphatic imine (C=N–C) groups is 1. The van der Waals surface area contributed by atoms with Gasteiger partial charge in [0, 0.05) is 36.9 Å². The average molecular weight is 440 g/mol. The quantitative estimate of drug-likeness (QED) is 0.380. The minimum Gasteiger partial charge on any atom is -0.369 e. The highest BCUT2D eigenvalue weighted by Gasteiger charge is 2.24. The molecule has 6 nitrogen and oxygen atoms in total. The monoisotopic (exact) mass is 439 g/mol. The second kappa shape index (κ2) is 9.71. The Morgan fingerprint density at radius 3 is 2.77 bits per heavy atom. The summed E-state index contributed by atoms with van der Waals surface area (Å²) in [5.74, 6) is -4.64. The van der Waals surface area contributed by atoms with Crippen molar-refractivity contribution < 1.29 is 18.0 Å². The molecular weight excluding hydrogens is 419 g/mol. The Kier molecular flexibility index (Phi) is 7.04. The van der Waals surface area contributed by atoms with Crippen molar-refractivity contribution in [2.75, 3.05) is 36.9 Å².